The molecule has 14 heteroatoms. The first-order chi connectivity index (χ1) is 38.1. The highest BCUT2D eigenvalue weighted by Gasteiger charge is 2.74. The molecule has 14 nitrogen and oxygen atoms in total. The molecule has 11 fully saturated rings. The van der Waals surface area contributed by atoms with E-state index in [1.807, 2.05) is 13.8 Å². The molecule has 3 heterocycles. The third-order valence-electron chi connectivity index (χ3n) is 28.0. The molecule has 11 aliphatic carbocycles. The fourth-order valence-corrected chi connectivity index (χ4v) is 23.1. The largest absolute Gasteiger partial charge is 0.393 e. The first-order valence-corrected chi connectivity index (χ1v) is 32.4. The second kappa shape index (κ2) is 20.5. The lowest BCUT2D eigenvalue weighted by molar-refractivity contribution is -0.297. The van der Waals surface area contributed by atoms with Crippen LogP contribution in [0.15, 0.2) is 34.9 Å². The summed E-state index contributed by atoms with van der Waals surface area (Å²) in [5.41, 5.74) is 0.427. The van der Waals surface area contributed by atoms with Crippen molar-refractivity contribution in [3.8, 4) is 0 Å². The fraction of sp³-hybridized carbons (Fsp3) is 0.896. The molecule has 81 heavy (non-hydrogen) atoms. The van der Waals surface area contributed by atoms with Crippen LogP contribution in [-0.4, -0.2) is 145 Å². The Balaban J connectivity index is 0.000000121. The quantitative estimate of drug-likeness (QED) is 0.124. The van der Waals surface area contributed by atoms with Crippen molar-refractivity contribution in [3.05, 3.63) is 34.9 Å². The van der Waals surface area contributed by atoms with Crippen LogP contribution in [-0.2, 0) is 28.5 Å². The Bertz CT molecular complexity index is 2480. The Morgan fingerprint density at radius 2 is 0.889 bits per heavy atom. The predicted molar refractivity (Wildman–Crippen MR) is 304 cm³/mol. The highest BCUT2D eigenvalue weighted by Crippen LogP contribution is 2.72. The van der Waals surface area contributed by atoms with Gasteiger partial charge in [0.1, 0.15) is 5.78 Å². The number of ether oxygens (including phenoxy) is 5. The maximum Gasteiger partial charge on any atom is 0.169 e. The number of hydrogen-bond acceptors (Lipinski definition) is 14. The highest BCUT2D eigenvalue weighted by molar-refractivity contribution is 5.80. The van der Waals surface area contributed by atoms with Gasteiger partial charge in [-0.05, 0) is 201 Å². The molecule has 8 N–H and O–H groups in total. The normalized spacial score (nSPS) is 54.4. The monoisotopic (exact) mass is 1130 g/mol. The predicted octanol–water partition coefficient (Wildman–Crippen LogP) is 8.42. The van der Waals surface area contributed by atoms with Gasteiger partial charge in [-0.2, -0.15) is 0 Å². The Kier molecular flexibility index (Phi) is 15.1. The Labute approximate surface area is 483 Å². The van der Waals surface area contributed by atoms with Gasteiger partial charge in [0.25, 0.3) is 0 Å². The van der Waals surface area contributed by atoms with E-state index in [4.69, 9.17) is 23.7 Å². The zero-order valence-electron chi connectivity index (χ0n) is 50.7. The van der Waals surface area contributed by atoms with Gasteiger partial charge in [0.2, 0.25) is 0 Å². The number of hydrogen-bond donors (Lipinski definition) is 8. The minimum absolute atomic E-state index is 0.0187. The van der Waals surface area contributed by atoms with E-state index in [0.29, 0.717) is 77.0 Å². The number of rotatable bonds is 3. The molecule has 0 spiro atoms. The van der Waals surface area contributed by atoms with Crippen LogP contribution in [0.3, 0.4) is 0 Å². The molecule has 0 aromatic rings. The molecule has 3 aliphatic heterocycles. The minimum Gasteiger partial charge on any atom is -0.393 e. The van der Waals surface area contributed by atoms with Crippen LogP contribution in [0.1, 0.15) is 191 Å². The molecule has 24 atom stereocenters. The smallest absolute Gasteiger partial charge is 0.169 e. The van der Waals surface area contributed by atoms with Gasteiger partial charge < -0.3 is 64.5 Å². The zero-order valence-corrected chi connectivity index (χ0v) is 50.7. The van der Waals surface area contributed by atoms with Crippen LogP contribution in [0, 0.1) is 85.8 Å². The van der Waals surface area contributed by atoms with Crippen LogP contribution < -0.4 is 0 Å². The average molecular weight is 1130 g/mol. The molecule has 456 valence electrons. The Hall–Kier alpha value is -1.63. The second-order valence-corrected chi connectivity index (χ2v) is 30.9. The van der Waals surface area contributed by atoms with Gasteiger partial charge in [0.15, 0.2) is 11.6 Å². The van der Waals surface area contributed by atoms with E-state index >= 15 is 0 Å². The lowest BCUT2D eigenvalue weighted by atomic mass is 9.44. The third kappa shape index (κ3) is 8.54. The molecule has 14 rings (SSSR count). The molecule has 8 saturated carbocycles. The van der Waals surface area contributed by atoms with Crippen molar-refractivity contribution in [2.75, 3.05) is 33.0 Å². The van der Waals surface area contributed by atoms with E-state index in [1.165, 1.54) is 16.7 Å². The molecule has 0 radical (unpaired) electrons. The molecule has 0 aromatic carbocycles. The van der Waals surface area contributed by atoms with Crippen molar-refractivity contribution in [1.29, 1.82) is 0 Å². The summed E-state index contributed by atoms with van der Waals surface area (Å²) in [6.45, 7) is 21.9. The summed E-state index contributed by atoms with van der Waals surface area (Å²) >= 11 is 0. The molecule has 0 aromatic heterocycles. The van der Waals surface area contributed by atoms with E-state index in [0.717, 1.165) is 96.3 Å². The SMILES string of the molecule is CC(=O)C1CC[C@]2(O)C3CC=C4C[C@@H](O)CC[C@]4(C)C3C[C@@H](O)[C@]12C.CC1(C2CCO[C@H]3C4CC=C5C[C@@H](O)CC[C@]5(C)C4C[C@@H](O)[C@]23C)OCCO1.CC1(C2CC[C@]3(O)C4CC=C5C[C@@H](O)CC[C@]5(C)C4C[C@@H](O)[C@]23C)OCCO1. The molecule has 14 aliphatic rings. The van der Waals surface area contributed by atoms with Gasteiger partial charge in [0, 0.05) is 40.6 Å². The molecular weight excluding hydrogens is 1030 g/mol. The number of Topliss-reactive ketones (excluding diaryl/α,β-unsaturated/α-hetero) is 1. The molecule has 0 amide bonds. The first-order valence-electron chi connectivity index (χ1n) is 32.4. The van der Waals surface area contributed by atoms with Crippen molar-refractivity contribution >= 4 is 5.78 Å². The van der Waals surface area contributed by atoms with Gasteiger partial charge >= 0.3 is 0 Å². The van der Waals surface area contributed by atoms with Gasteiger partial charge in [0.05, 0.1) is 80.4 Å². The van der Waals surface area contributed by atoms with E-state index in [9.17, 15) is 45.6 Å². The van der Waals surface area contributed by atoms with Gasteiger partial charge in [-0.25, -0.2) is 0 Å². The van der Waals surface area contributed by atoms with Gasteiger partial charge in [-0.15, -0.1) is 0 Å². The molecular formula is C67H104O14. The van der Waals surface area contributed by atoms with Crippen molar-refractivity contribution in [2.45, 2.75) is 256 Å². The fourth-order valence-electron chi connectivity index (χ4n) is 23.1. The number of fused-ring (bicyclic) bond motifs is 15. The number of carbonyl (C=O) groups is 1. The average Bonchev–Trinajstić information content (AvgIpc) is 2.13. The highest BCUT2D eigenvalue weighted by atomic mass is 16.7. The summed E-state index contributed by atoms with van der Waals surface area (Å²) in [7, 11) is 0. The van der Waals surface area contributed by atoms with Gasteiger partial charge in [-0.3, -0.25) is 4.79 Å². The van der Waals surface area contributed by atoms with Crippen molar-refractivity contribution in [1.82, 2.24) is 0 Å². The van der Waals surface area contributed by atoms with Crippen molar-refractivity contribution < 1.29 is 69.3 Å². The van der Waals surface area contributed by atoms with Crippen LogP contribution in [0.4, 0.5) is 0 Å². The van der Waals surface area contributed by atoms with Crippen LogP contribution in [0.25, 0.3) is 0 Å². The van der Waals surface area contributed by atoms with Crippen molar-refractivity contribution in [2.24, 2.45) is 85.8 Å². The van der Waals surface area contributed by atoms with E-state index in [2.05, 4.69) is 59.8 Å². The van der Waals surface area contributed by atoms with Crippen molar-refractivity contribution in [3.63, 3.8) is 0 Å². The summed E-state index contributed by atoms with van der Waals surface area (Å²) < 4.78 is 30.6. The van der Waals surface area contributed by atoms with E-state index in [1.54, 1.807) is 6.92 Å². The topological polar surface area (TPSA) is 225 Å². The summed E-state index contributed by atoms with van der Waals surface area (Å²) in [4.78, 5) is 12.2. The van der Waals surface area contributed by atoms with Crippen LogP contribution >= 0.6 is 0 Å². The van der Waals surface area contributed by atoms with Crippen LogP contribution in [0.5, 0.6) is 0 Å². The Morgan fingerprint density at radius 1 is 0.469 bits per heavy atom. The maximum atomic E-state index is 12.2. The number of carbonyl (C=O) groups excluding carboxylic acids is 1. The molecule has 3 saturated heterocycles. The summed E-state index contributed by atoms with van der Waals surface area (Å²) in [5, 5.41) is 88.6. The number of aliphatic hydroxyl groups is 8. The van der Waals surface area contributed by atoms with Crippen LogP contribution in [0.2, 0.25) is 0 Å². The van der Waals surface area contributed by atoms with Gasteiger partial charge in [-0.1, -0.05) is 76.5 Å². The summed E-state index contributed by atoms with van der Waals surface area (Å²) in [5.74, 6) is 0.127. The third-order valence-corrected chi connectivity index (χ3v) is 28.0. The number of allylic oxidation sites excluding steroid dienone is 3. The summed E-state index contributed by atoms with van der Waals surface area (Å²) in [6.07, 6.45) is 20.6. The molecule has 9 unspecified atom stereocenters. The number of aliphatic hydroxyl groups excluding tert-OH is 6. The second-order valence-electron chi connectivity index (χ2n) is 30.9. The minimum atomic E-state index is -0.979. The lowest BCUT2D eigenvalue weighted by Crippen LogP contribution is -2.67. The maximum absolute atomic E-state index is 12.2. The standard InChI is InChI=1S/2C23H36O5.C21H32O4/c1-21-8-6-15(24)12-14(21)4-5-16-17(21)13-19(25)22(2)18(7-9-26-20(16)22)23(3)27-10-11-28-23;1-20-8-6-15(24)12-14(20)4-5-16-17(20)13-19(25)21(2)18(7-9-23(16,21)26)22(3)27-10-11-28-22;1-12(22)15-7-9-21(25)16-5-4-13-10-14(23)6-8-19(13,2)17(16)11-18(24)20(15,21)3/h4,15-20,24-25H,5-13H2,1-3H3;4,15-19,24-26H,5-13H2,1-3H3;4,14-18,23-25H,5-11H2,1-3H3/t15-,16?,17?,18?,19+,20-,21-,22-;15-,16?,17?,18?,19+,20-,21-,23-;14-,15?,16?,17?,18+,19-,20-,21-/m000/s1. The first kappa shape index (κ1) is 59.7. The lowest BCUT2D eigenvalue weighted by Gasteiger charge is -2.63. The summed E-state index contributed by atoms with van der Waals surface area (Å²) in [6, 6.07) is 0. The molecule has 0 bridgehead atoms. The Morgan fingerprint density at radius 3 is 1.38 bits per heavy atom. The van der Waals surface area contributed by atoms with E-state index < -0.39 is 51.9 Å². The zero-order chi connectivity index (χ0) is 57.9. The number of ketones is 1. The van der Waals surface area contributed by atoms with E-state index in [-0.39, 0.29) is 93.3 Å².